The minimum atomic E-state index is -3.02. The Kier molecular flexibility index (Phi) is 7.33. The number of rotatable bonds is 9. The number of aromatic nitrogens is 1. The van der Waals surface area contributed by atoms with Crippen LogP contribution >= 0.6 is 0 Å². The van der Waals surface area contributed by atoms with E-state index in [9.17, 15) is 33.1 Å². The summed E-state index contributed by atoms with van der Waals surface area (Å²) in [7, 11) is 0. The molecule has 1 aliphatic carbocycles. The average molecular weight is 533 g/mol. The Morgan fingerprint density at radius 3 is 2.74 bits per heavy atom. The molecule has 12 heteroatoms. The number of H-pyrrole nitrogens is 1. The Balaban J connectivity index is 1.39. The largest absolute Gasteiger partial charge is 0.434 e. The van der Waals surface area contributed by atoms with Crippen LogP contribution in [-0.4, -0.2) is 76.9 Å². The van der Waals surface area contributed by atoms with Crippen LogP contribution in [0.25, 0.3) is 10.9 Å². The van der Waals surface area contributed by atoms with Crippen LogP contribution in [0.2, 0.25) is 0 Å². The van der Waals surface area contributed by atoms with Gasteiger partial charge >= 0.3 is 6.61 Å². The van der Waals surface area contributed by atoms with E-state index >= 15 is 0 Å². The van der Waals surface area contributed by atoms with Crippen molar-refractivity contribution in [2.45, 2.75) is 50.8 Å². The van der Waals surface area contributed by atoms with Gasteiger partial charge in [0, 0.05) is 29.9 Å². The van der Waals surface area contributed by atoms with E-state index in [1.54, 1.807) is 6.07 Å². The number of halogens is 2. The molecule has 38 heavy (non-hydrogen) atoms. The second-order valence-electron chi connectivity index (χ2n) is 10.2. The van der Waals surface area contributed by atoms with Gasteiger partial charge in [-0.05, 0) is 55.7 Å². The van der Waals surface area contributed by atoms with Gasteiger partial charge in [0.15, 0.2) is 5.78 Å². The van der Waals surface area contributed by atoms with Crippen LogP contribution < -0.4 is 15.4 Å². The van der Waals surface area contributed by atoms with Crippen LogP contribution in [-0.2, 0) is 14.4 Å². The normalized spacial score (nSPS) is 25.5. The summed E-state index contributed by atoms with van der Waals surface area (Å²) in [6.07, 6.45) is 3.12. The highest BCUT2D eigenvalue weighted by Gasteiger charge is 2.50. The molecule has 204 valence electrons. The summed E-state index contributed by atoms with van der Waals surface area (Å²) in [6.45, 7) is -2.97. The Morgan fingerprint density at radius 2 is 2.03 bits per heavy atom. The Morgan fingerprint density at radius 1 is 1.21 bits per heavy atom. The first-order chi connectivity index (χ1) is 18.3. The number of Topliss-reactive ketones (excluding diaryl/α,β-unsaturated/α-hetero) is 1. The molecule has 1 aromatic carbocycles. The summed E-state index contributed by atoms with van der Waals surface area (Å²) in [4.78, 5) is 56.2. The zero-order valence-corrected chi connectivity index (χ0v) is 20.6. The van der Waals surface area contributed by atoms with Crippen LogP contribution in [0, 0.1) is 17.8 Å². The lowest BCUT2D eigenvalue weighted by molar-refractivity contribution is -0.133. The van der Waals surface area contributed by atoms with E-state index in [1.165, 1.54) is 23.1 Å². The third-order valence-corrected chi connectivity index (χ3v) is 8.03. The monoisotopic (exact) mass is 532 g/mol. The third kappa shape index (κ3) is 4.96. The quantitative estimate of drug-likeness (QED) is 0.387. The standard InChI is InChI=1S/C26H30F2N4O6/c27-26(28)38-21-6-2-5-17-16(21)10-19(30-17)25(37)32-11-14-3-1-4-15(14)22(32)24(36)31-18(20(34)12-33)9-13-7-8-29-23(13)35/h2,5-6,10,13-15,18,22,26,30,33H,1,3-4,7-9,11-12H2,(H,29,35)(H,31,36). The molecule has 3 amide bonds. The van der Waals surface area contributed by atoms with Gasteiger partial charge in [-0.1, -0.05) is 12.5 Å². The van der Waals surface area contributed by atoms with Crippen molar-refractivity contribution in [3.63, 3.8) is 0 Å². The fourth-order valence-corrected chi connectivity index (χ4v) is 6.24. The maximum Gasteiger partial charge on any atom is 0.387 e. The van der Waals surface area contributed by atoms with E-state index in [0.29, 0.717) is 30.4 Å². The van der Waals surface area contributed by atoms with Crippen molar-refractivity contribution in [1.82, 2.24) is 20.5 Å². The lowest BCUT2D eigenvalue weighted by atomic mass is 9.92. The van der Waals surface area contributed by atoms with Gasteiger partial charge in [0.2, 0.25) is 11.8 Å². The molecule has 2 aliphatic heterocycles. The molecular weight excluding hydrogens is 502 g/mol. The smallest absolute Gasteiger partial charge is 0.387 e. The molecule has 5 unspecified atom stereocenters. The Hall–Kier alpha value is -3.54. The second kappa shape index (κ2) is 10.7. The van der Waals surface area contributed by atoms with Gasteiger partial charge < -0.3 is 30.4 Å². The number of aliphatic hydroxyl groups is 1. The first-order valence-corrected chi connectivity index (χ1v) is 12.9. The molecule has 4 N–H and O–H groups in total. The van der Waals surface area contributed by atoms with Crippen LogP contribution in [0.5, 0.6) is 5.75 Å². The highest BCUT2D eigenvalue weighted by atomic mass is 19.3. The molecule has 0 radical (unpaired) electrons. The number of ketones is 1. The summed E-state index contributed by atoms with van der Waals surface area (Å²) in [5.41, 5.74) is 0.573. The first-order valence-electron chi connectivity index (χ1n) is 12.9. The van der Waals surface area contributed by atoms with E-state index in [0.717, 1.165) is 19.3 Å². The molecule has 2 aromatic rings. The predicted molar refractivity (Wildman–Crippen MR) is 130 cm³/mol. The van der Waals surface area contributed by atoms with E-state index in [4.69, 9.17) is 0 Å². The third-order valence-electron chi connectivity index (χ3n) is 8.03. The van der Waals surface area contributed by atoms with Crippen LogP contribution in [0.3, 0.4) is 0 Å². The topological polar surface area (TPSA) is 141 Å². The van der Waals surface area contributed by atoms with Crippen molar-refractivity contribution in [2.75, 3.05) is 19.7 Å². The first kappa shape index (κ1) is 26.1. The molecule has 1 saturated carbocycles. The molecule has 5 rings (SSSR count). The predicted octanol–water partition coefficient (Wildman–Crippen LogP) is 1.58. The number of nitrogens with one attached hydrogen (secondary N) is 3. The van der Waals surface area contributed by atoms with E-state index in [2.05, 4.69) is 20.4 Å². The van der Waals surface area contributed by atoms with Gasteiger partial charge in [-0.3, -0.25) is 19.2 Å². The molecule has 3 fully saturated rings. The van der Waals surface area contributed by atoms with Crippen molar-refractivity contribution >= 4 is 34.4 Å². The number of benzene rings is 1. The summed E-state index contributed by atoms with van der Waals surface area (Å²) >= 11 is 0. The second-order valence-corrected chi connectivity index (χ2v) is 10.2. The number of likely N-dealkylation sites (tertiary alicyclic amines) is 1. The number of carbonyl (C=O) groups excluding carboxylic acids is 4. The minimum absolute atomic E-state index is 0.0679. The van der Waals surface area contributed by atoms with Gasteiger partial charge in [-0.25, -0.2) is 0 Å². The van der Waals surface area contributed by atoms with Gasteiger partial charge in [-0.15, -0.1) is 0 Å². The van der Waals surface area contributed by atoms with Crippen molar-refractivity contribution < 1.29 is 37.8 Å². The van der Waals surface area contributed by atoms with Crippen molar-refractivity contribution in [2.24, 2.45) is 17.8 Å². The van der Waals surface area contributed by atoms with Gasteiger partial charge in [0.1, 0.15) is 24.1 Å². The molecule has 3 aliphatic rings. The number of aromatic amines is 1. The molecule has 2 saturated heterocycles. The fraction of sp³-hybridized carbons (Fsp3) is 0.538. The lowest BCUT2D eigenvalue weighted by Gasteiger charge is -2.29. The van der Waals surface area contributed by atoms with Crippen molar-refractivity contribution in [1.29, 1.82) is 0 Å². The van der Waals surface area contributed by atoms with Crippen molar-refractivity contribution in [3.05, 3.63) is 30.0 Å². The summed E-state index contributed by atoms with van der Waals surface area (Å²) in [5, 5.41) is 15.2. The average Bonchev–Trinajstić information content (AvgIpc) is 3.66. The van der Waals surface area contributed by atoms with Gasteiger partial charge in [0.25, 0.3) is 5.91 Å². The summed E-state index contributed by atoms with van der Waals surface area (Å²) in [6, 6.07) is 4.10. The zero-order valence-electron chi connectivity index (χ0n) is 20.6. The highest BCUT2D eigenvalue weighted by Crippen LogP contribution is 2.43. The number of hydrogen-bond donors (Lipinski definition) is 4. The Bertz CT molecular complexity index is 1250. The molecule has 0 spiro atoms. The fourth-order valence-electron chi connectivity index (χ4n) is 6.24. The minimum Gasteiger partial charge on any atom is -0.434 e. The van der Waals surface area contributed by atoms with Gasteiger partial charge in [-0.2, -0.15) is 8.78 Å². The molecular formula is C26H30F2N4O6. The summed E-state index contributed by atoms with van der Waals surface area (Å²) in [5.74, 6) is -2.26. The zero-order chi connectivity index (χ0) is 27.0. The maximum atomic E-state index is 13.7. The molecule has 1 aromatic heterocycles. The van der Waals surface area contributed by atoms with E-state index in [1.807, 2.05) is 0 Å². The van der Waals surface area contributed by atoms with E-state index in [-0.39, 0.29) is 35.6 Å². The Labute approximate surface area is 217 Å². The SMILES string of the molecule is O=C1NCCC1CC(NC(=O)C1C2CCCC2CN1C(=O)c1cc2c(OC(F)F)cccc2[nH]1)C(=O)CO. The number of amides is 3. The van der Waals surface area contributed by atoms with Crippen LogP contribution in [0.1, 0.15) is 42.6 Å². The molecule has 0 bridgehead atoms. The number of ether oxygens (including phenoxy) is 1. The van der Waals surface area contributed by atoms with Crippen LogP contribution in [0.15, 0.2) is 24.3 Å². The number of nitrogens with zero attached hydrogens (tertiary/aromatic N) is 1. The van der Waals surface area contributed by atoms with Gasteiger partial charge in [0.05, 0.1) is 6.04 Å². The lowest BCUT2D eigenvalue weighted by Crippen LogP contribution is -2.53. The van der Waals surface area contributed by atoms with E-state index < -0.39 is 48.8 Å². The molecule has 10 nitrogen and oxygen atoms in total. The van der Waals surface area contributed by atoms with Crippen molar-refractivity contribution in [3.8, 4) is 5.75 Å². The number of hydrogen-bond acceptors (Lipinski definition) is 6. The number of alkyl halides is 2. The number of aliphatic hydroxyl groups excluding tert-OH is 1. The maximum absolute atomic E-state index is 13.7. The van der Waals surface area contributed by atoms with Crippen LogP contribution in [0.4, 0.5) is 8.78 Å². The molecule has 5 atom stereocenters. The number of fused-ring (bicyclic) bond motifs is 2. The summed E-state index contributed by atoms with van der Waals surface area (Å²) < 4.78 is 30.3. The molecule has 3 heterocycles. The highest BCUT2D eigenvalue weighted by molar-refractivity contribution is 6.02. The number of carbonyl (C=O) groups is 4.